The minimum absolute atomic E-state index is 0.0437. The first kappa shape index (κ1) is 17.5. The SMILES string of the molecule is O=C(c1cc2ccccc2oc1=O)N1CCC(O)(Cc2ccccc2)CC1. The number of carbonyl (C=O) groups is 1. The van der Waals surface area contributed by atoms with E-state index in [1.54, 1.807) is 23.1 Å². The molecule has 0 bridgehead atoms. The maximum atomic E-state index is 12.8. The van der Waals surface area contributed by atoms with E-state index in [0.29, 0.717) is 37.9 Å². The van der Waals surface area contributed by atoms with Crippen molar-refractivity contribution in [2.24, 2.45) is 0 Å². The van der Waals surface area contributed by atoms with Crippen molar-refractivity contribution >= 4 is 16.9 Å². The molecule has 1 aliphatic rings. The van der Waals surface area contributed by atoms with Gasteiger partial charge in [-0.3, -0.25) is 4.79 Å². The van der Waals surface area contributed by atoms with E-state index in [-0.39, 0.29) is 11.5 Å². The molecule has 138 valence electrons. The molecule has 2 aromatic carbocycles. The van der Waals surface area contributed by atoms with Gasteiger partial charge in [-0.05, 0) is 30.5 Å². The lowest BCUT2D eigenvalue weighted by Gasteiger charge is -2.38. The van der Waals surface area contributed by atoms with Crippen LogP contribution in [0, 0.1) is 0 Å². The molecule has 1 amide bonds. The summed E-state index contributed by atoms with van der Waals surface area (Å²) >= 11 is 0. The van der Waals surface area contributed by atoms with Crippen LogP contribution in [-0.4, -0.2) is 34.6 Å². The highest BCUT2D eigenvalue weighted by Crippen LogP contribution is 2.27. The quantitative estimate of drug-likeness (QED) is 0.726. The van der Waals surface area contributed by atoms with Crippen LogP contribution in [-0.2, 0) is 6.42 Å². The number of hydrogen-bond donors (Lipinski definition) is 1. The van der Waals surface area contributed by atoms with Crippen molar-refractivity contribution in [2.75, 3.05) is 13.1 Å². The lowest BCUT2D eigenvalue weighted by molar-refractivity contribution is -0.0163. The van der Waals surface area contributed by atoms with E-state index in [2.05, 4.69) is 0 Å². The summed E-state index contributed by atoms with van der Waals surface area (Å²) in [5.41, 5.74) is 0.141. The van der Waals surface area contributed by atoms with Gasteiger partial charge in [-0.25, -0.2) is 4.79 Å². The molecular weight excluding hydrogens is 342 g/mol. The minimum Gasteiger partial charge on any atom is -0.422 e. The second-order valence-corrected chi connectivity index (χ2v) is 7.16. The first-order valence-electron chi connectivity index (χ1n) is 9.13. The van der Waals surface area contributed by atoms with Gasteiger partial charge in [0.1, 0.15) is 11.1 Å². The second-order valence-electron chi connectivity index (χ2n) is 7.16. The summed E-state index contributed by atoms with van der Waals surface area (Å²) in [7, 11) is 0. The maximum Gasteiger partial charge on any atom is 0.349 e. The summed E-state index contributed by atoms with van der Waals surface area (Å²) in [6.07, 6.45) is 1.52. The lowest BCUT2D eigenvalue weighted by atomic mass is 9.85. The third-order valence-electron chi connectivity index (χ3n) is 5.23. The van der Waals surface area contributed by atoms with Crippen LogP contribution < -0.4 is 5.63 Å². The van der Waals surface area contributed by atoms with Gasteiger partial charge in [0.2, 0.25) is 0 Å². The number of amides is 1. The van der Waals surface area contributed by atoms with Crippen molar-refractivity contribution < 1.29 is 14.3 Å². The molecule has 0 radical (unpaired) electrons. The van der Waals surface area contributed by atoms with Gasteiger partial charge in [0.25, 0.3) is 5.91 Å². The Kier molecular flexibility index (Phi) is 4.54. The Balaban J connectivity index is 1.49. The summed E-state index contributed by atoms with van der Waals surface area (Å²) in [5, 5.41) is 11.6. The van der Waals surface area contributed by atoms with Gasteiger partial charge in [-0.1, -0.05) is 48.5 Å². The van der Waals surface area contributed by atoms with E-state index in [0.717, 1.165) is 10.9 Å². The molecule has 5 nitrogen and oxygen atoms in total. The highest BCUT2D eigenvalue weighted by Gasteiger charge is 2.35. The largest absolute Gasteiger partial charge is 0.422 e. The van der Waals surface area contributed by atoms with Crippen LogP contribution in [0.2, 0.25) is 0 Å². The smallest absolute Gasteiger partial charge is 0.349 e. The van der Waals surface area contributed by atoms with Crippen molar-refractivity contribution in [1.82, 2.24) is 4.90 Å². The van der Waals surface area contributed by atoms with Crippen LogP contribution in [0.25, 0.3) is 11.0 Å². The standard InChI is InChI=1S/C22H21NO4/c24-20(18-14-17-8-4-5-9-19(17)27-21(18)25)23-12-10-22(26,11-13-23)15-16-6-2-1-3-7-16/h1-9,14,26H,10-13,15H2. The van der Waals surface area contributed by atoms with Crippen molar-refractivity contribution in [3.05, 3.63) is 82.2 Å². The van der Waals surface area contributed by atoms with Gasteiger partial charge in [-0.15, -0.1) is 0 Å². The molecule has 0 spiro atoms. The minimum atomic E-state index is -0.827. The summed E-state index contributed by atoms with van der Waals surface area (Å²) < 4.78 is 5.27. The zero-order valence-electron chi connectivity index (χ0n) is 14.9. The van der Waals surface area contributed by atoms with E-state index in [4.69, 9.17) is 4.42 Å². The van der Waals surface area contributed by atoms with Crippen LogP contribution in [0.4, 0.5) is 0 Å². The maximum absolute atomic E-state index is 12.8. The molecular formula is C22H21NO4. The average Bonchev–Trinajstić information content (AvgIpc) is 2.68. The van der Waals surface area contributed by atoms with Crippen molar-refractivity contribution in [1.29, 1.82) is 0 Å². The predicted molar refractivity (Wildman–Crippen MR) is 103 cm³/mol. The number of fused-ring (bicyclic) bond motifs is 1. The van der Waals surface area contributed by atoms with Crippen LogP contribution in [0.5, 0.6) is 0 Å². The topological polar surface area (TPSA) is 70.8 Å². The van der Waals surface area contributed by atoms with Crippen molar-refractivity contribution in [3.8, 4) is 0 Å². The zero-order valence-corrected chi connectivity index (χ0v) is 14.9. The molecule has 5 heteroatoms. The summed E-state index contributed by atoms with van der Waals surface area (Å²) in [4.78, 5) is 26.7. The highest BCUT2D eigenvalue weighted by molar-refractivity contribution is 5.96. The van der Waals surface area contributed by atoms with E-state index in [1.165, 1.54) is 0 Å². The molecule has 0 aliphatic carbocycles. The Morgan fingerprint density at radius 1 is 1.04 bits per heavy atom. The molecule has 1 fully saturated rings. The number of para-hydroxylation sites is 1. The fourth-order valence-electron chi connectivity index (χ4n) is 3.66. The van der Waals surface area contributed by atoms with Crippen molar-refractivity contribution in [3.63, 3.8) is 0 Å². The number of rotatable bonds is 3. The molecule has 0 unspecified atom stereocenters. The second kappa shape index (κ2) is 7.00. The molecule has 2 heterocycles. The predicted octanol–water partition coefficient (Wildman–Crippen LogP) is 3.00. The molecule has 27 heavy (non-hydrogen) atoms. The normalized spacial score (nSPS) is 16.4. The first-order chi connectivity index (χ1) is 13.0. The molecule has 1 N–H and O–H groups in total. The number of nitrogens with zero attached hydrogens (tertiary/aromatic N) is 1. The summed E-state index contributed by atoms with van der Waals surface area (Å²) in [6, 6.07) is 18.6. The van der Waals surface area contributed by atoms with Gasteiger partial charge in [-0.2, -0.15) is 0 Å². The Morgan fingerprint density at radius 3 is 2.44 bits per heavy atom. The fraction of sp³-hybridized carbons (Fsp3) is 0.273. The van der Waals surface area contributed by atoms with E-state index < -0.39 is 11.2 Å². The van der Waals surface area contributed by atoms with Gasteiger partial charge in [0.05, 0.1) is 5.60 Å². The number of aliphatic hydroxyl groups is 1. The van der Waals surface area contributed by atoms with Gasteiger partial charge in [0, 0.05) is 24.9 Å². The molecule has 1 aliphatic heterocycles. The Bertz CT molecular complexity index is 1020. The van der Waals surface area contributed by atoms with Crippen LogP contribution in [0.3, 0.4) is 0 Å². The third-order valence-corrected chi connectivity index (χ3v) is 5.23. The average molecular weight is 363 g/mol. The van der Waals surface area contributed by atoms with Crippen molar-refractivity contribution in [2.45, 2.75) is 24.9 Å². The van der Waals surface area contributed by atoms with Gasteiger partial charge < -0.3 is 14.4 Å². The highest BCUT2D eigenvalue weighted by atomic mass is 16.4. The van der Waals surface area contributed by atoms with Gasteiger partial charge in [0.15, 0.2) is 0 Å². The number of hydrogen-bond acceptors (Lipinski definition) is 4. The molecule has 1 aromatic heterocycles. The number of likely N-dealkylation sites (tertiary alicyclic amines) is 1. The molecule has 3 aromatic rings. The van der Waals surface area contributed by atoms with E-state index >= 15 is 0 Å². The Hall–Kier alpha value is -2.92. The van der Waals surface area contributed by atoms with E-state index in [9.17, 15) is 14.7 Å². The molecule has 0 atom stereocenters. The zero-order chi connectivity index (χ0) is 18.9. The number of piperidine rings is 1. The Morgan fingerprint density at radius 2 is 1.70 bits per heavy atom. The van der Waals surface area contributed by atoms with Crippen LogP contribution in [0.15, 0.2) is 69.9 Å². The molecule has 0 saturated carbocycles. The molecule has 4 rings (SSSR count). The number of carbonyl (C=O) groups excluding carboxylic acids is 1. The van der Waals surface area contributed by atoms with Crippen LogP contribution >= 0.6 is 0 Å². The van der Waals surface area contributed by atoms with Crippen LogP contribution in [0.1, 0.15) is 28.8 Å². The van der Waals surface area contributed by atoms with E-state index in [1.807, 2.05) is 42.5 Å². The monoisotopic (exact) mass is 363 g/mol. The lowest BCUT2D eigenvalue weighted by Crippen LogP contribution is -2.48. The Labute approximate surface area is 156 Å². The van der Waals surface area contributed by atoms with Gasteiger partial charge >= 0.3 is 5.63 Å². The third kappa shape index (κ3) is 3.64. The summed E-state index contributed by atoms with van der Waals surface area (Å²) in [5.74, 6) is -0.337. The molecule has 1 saturated heterocycles. The summed E-state index contributed by atoms with van der Waals surface area (Å²) in [6.45, 7) is 0.822. The first-order valence-corrected chi connectivity index (χ1v) is 9.13. The number of benzene rings is 2. The fourth-order valence-corrected chi connectivity index (χ4v) is 3.66.